The van der Waals surface area contributed by atoms with Crippen LogP contribution in [0, 0.1) is 6.92 Å². The summed E-state index contributed by atoms with van der Waals surface area (Å²) in [5, 5.41) is 5.69. The van der Waals surface area contributed by atoms with Crippen molar-refractivity contribution in [3.05, 3.63) is 59.2 Å². The summed E-state index contributed by atoms with van der Waals surface area (Å²) in [6, 6.07) is 12.2. The molecular formula is C18H18N2O3S. The molecule has 6 heteroatoms. The standard InChI is InChI=1S/C18H18N2O3S/c1-11-5-4-6-15(16(11)23-3)17(22)20-18(24)19-14-9-7-13(8-10-14)12(2)21/h4-10H,1-3H3,(H2,19,20,22,24). The summed E-state index contributed by atoms with van der Waals surface area (Å²) in [4.78, 5) is 23.6. The molecule has 0 saturated carbocycles. The molecule has 0 aliphatic rings. The Morgan fingerprint density at radius 3 is 2.33 bits per heavy atom. The van der Waals surface area contributed by atoms with Crippen LogP contribution in [0.15, 0.2) is 42.5 Å². The van der Waals surface area contributed by atoms with Crippen molar-refractivity contribution in [3.8, 4) is 5.75 Å². The number of rotatable bonds is 4. The lowest BCUT2D eigenvalue weighted by molar-refractivity contribution is 0.0973. The van der Waals surface area contributed by atoms with E-state index >= 15 is 0 Å². The number of para-hydroxylation sites is 1. The predicted molar refractivity (Wildman–Crippen MR) is 97.9 cm³/mol. The SMILES string of the molecule is COc1c(C)cccc1C(=O)NC(=S)Nc1ccc(C(C)=O)cc1. The van der Waals surface area contributed by atoms with Crippen LogP contribution in [0.2, 0.25) is 0 Å². The summed E-state index contributed by atoms with van der Waals surface area (Å²) >= 11 is 5.16. The first kappa shape index (κ1) is 17.6. The van der Waals surface area contributed by atoms with E-state index in [0.717, 1.165) is 5.56 Å². The van der Waals surface area contributed by atoms with Crippen LogP contribution in [0.25, 0.3) is 0 Å². The number of hydrogen-bond acceptors (Lipinski definition) is 4. The average Bonchev–Trinajstić information content (AvgIpc) is 2.54. The highest BCUT2D eigenvalue weighted by Crippen LogP contribution is 2.22. The number of carbonyl (C=O) groups is 2. The molecule has 0 aliphatic carbocycles. The lowest BCUT2D eigenvalue weighted by Gasteiger charge is -2.13. The molecular weight excluding hydrogens is 324 g/mol. The second kappa shape index (κ2) is 7.70. The summed E-state index contributed by atoms with van der Waals surface area (Å²) in [5.41, 5.74) is 2.57. The summed E-state index contributed by atoms with van der Waals surface area (Å²) in [5.74, 6) is 0.154. The van der Waals surface area contributed by atoms with E-state index in [4.69, 9.17) is 17.0 Å². The molecule has 0 fully saturated rings. The number of amides is 1. The van der Waals surface area contributed by atoms with Crippen molar-refractivity contribution in [2.45, 2.75) is 13.8 Å². The van der Waals surface area contributed by atoms with Crippen molar-refractivity contribution >= 4 is 34.7 Å². The fourth-order valence-electron chi connectivity index (χ4n) is 2.22. The Balaban J connectivity index is 2.05. The van der Waals surface area contributed by atoms with Gasteiger partial charge in [-0.3, -0.25) is 14.9 Å². The smallest absolute Gasteiger partial charge is 0.261 e. The number of benzene rings is 2. The Kier molecular flexibility index (Phi) is 5.65. The highest BCUT2D eigenvalue weighted by molar-refractivity contribution is 7.80. The van der Waals surface area contributed by atoms with Gasteiger partial charge in [-0.05, 0) is 62.0 Å². The molecule has 2 N–H and O–H groups in total. The zero-order valence-corrected chi connectivity index (χ0v) is 14.5. The molecule has 5 nitrogen and oxygen atoms in total. The van der Waals surface area contributed by atoms with Crippen LogP contribution in [-0.2, 0) is 0 Å². The Morgan fingerprint density at radius 1 is 1.08 bits per heavy atom. The minimum absolute atomic E-state index is 0.0102. The number of ketones is 1. The minimum Gasteiger partial charge on any atom is -0.496 e. The highest BCUT2D eigenvalue weighted by Gasteiger charge is 2.15. The van der Waals surface area contributed by atoms with E-state index in [-0.39, 0.29) is 16.8 Å². The van der Waals surface area contributed by atoms with Crippen molar-refractivity contribution in [1.29, 1.82) is 0 Å². The zero-order chi connectivity index (χ0) is 17.7. The van der Waals surface area contributed by atoms with Gasteiger partial charge in [-0.2, -0.15) is 0 Å². The summed E-state index contributed by atoms with van der Waals surface area (Å²) < 4.78 is 5.28. The molecule has 0 radical (unpaired) electrons. The molecule has 0 aliphatic heterocycles. The normalized spacial score (nSPS) is 9.96. The van der Waals surface area contributed by atoms with E-state index in [1.165, 1.54) is 14.0 Å². The number of ether oxygens (including phenoxy) is 1. The quantitative estimate of drug-likeness (QED) is 0.659. The minimum atomic E-state index is -0.353. The van der Waals surface area contributed by atoms with E-state index in [1.807, 2.05) is 13.0 Å². The molecule has 2 aromatic carbocycles. The Morgan fingerprint density at radius 2 is 1.75 bits per heavy atom. The van der Waals surface area contributed by atoms with Gasteiger partial charge in [0.25, 0.3) is 5.91 Å². The maximum absolute atomic E-state index is 12.4. The van der Waals surface area contributed by atoms with E-state index in [1.54, 1.807) is 36.4 Å². The van der Waals surface area contributed by atoms with Gasteiger partial charge in [-0.1, -0.05) is 12.1 Å². The summed E-state index contributed by atoms with van der Waals surface area (Å²) in [6.07, 6.45) is 0. The van der Waals surface area contributed by atoms with Crippen LogP contribution < -0.4 is 15.4 Å². The maximum atomic E-state index is 12.4. The molecule has 2 rings (SSSR count). The number of methoxy groups -OCH3 is 1. The van der Waals surface area contributed by atoms with Crippen molar-refractivity contribution in [3.63, 3.8) is 0 Å². The van der Waals surface area contributed by atoms with Crippen molar-refractivity contribution in [2.75, 3.05) is 12.4 Å². The van der Waals surface area contributed by atoms with Gasteiger partial charge in [-0.15, -0.1) is 0 Å². The van der Waals surface area contributed by atoms with Crippen LogP contribution in [-0.4, -0.2) is 23.9 Å². The monoisotopic (exact) mass is 342 g/mol. The summed E-state index contributed by atoms with van der Waals surface area (Å²) in [7, 11) is 1.52. The first-order chi connectivity index (χ1) is 11.4. The molecule has 0 heterocycles. The molecule has 0 bridgehead atoms. The summed E-state index contributed by atoms with van der Waals surface area (Å²) in [6.45, 7) is 3.37. The number of thiocarbonyl (C=S) groups is 1. The number of anilines is 1. The largest absolute Gasteiger partial charge is 0.496 e. The lowest BCUT2D eigenvalue weighted by Crippen LogP contribution is -2.34. The molecule has 124 valence electrons. The van der Waals surface area contributed by atoms with Crippen molar-refractivity contribution < 1.29 is 14.3 Å². The van der Waals surface area contributed by atoms with Gasteiger partial charge in [0.2, 0.25) is 0 Å². The fraction of sp³-hybridized carbons (Fsp3) is 0.167. The van der Waals surface area contributed by atoms with Gasteiger partial charge in [-0.25, -0.2) is 0 Å². The number of nitrogens with one attached hydrogen (secondary N) is 2. The molecule has 0 spiro atoms. The predicted octanol–water partition coefficient (Wildman–Crippen LogP) is 3.33. The van der Waals surface area contributed by atoms with Crippen LogP contribution in [0.3, 0.4) is 0 Å². The van der Waals surface area contributed by atoms with Gasteiger partial charge >= 0.3 is 0 Å². The third kappa shape index (κ3) is 4.17. The van der Waals surface area contributed by atoms with E-state index < -0.39 is 0 Å². The second-order valence-corrected chi connectivity index (χ2v) is 5.61. The topological polar surface area (TPSA) is 67.4 Å². The van der Waals surface area contributed by atoms with E-state index in [2.05, 4.69) is 10.6 Å². The van der Waals surface area contributed by atoms with Crippen molar-refractivity contribution in [2.24, 2.45) is 0 Å². The van der Waals surface area contributed by atoms with Gasteiger partial charge in [0.05, 0.1) is 12.7 Å². The van der Waals surface area contributed by atoms with Gasteiger partial charge in [0.15, 0.2) is 10.9 Å². The van der Waals surface area contributed by atoms with Gasteiger partial charge in [0, 0.05) is 11.3 Å². The lowest BCUT2D eigenvalue weighted by atomic mass is 10.1. The number of aryl methyl sites for hydroxylation is 1. The Hall–Kier alpha value is -2.73. The van der Waals surface area contributed by atoms with Crippen LogP contribution in [0.4, 0.5) is 5.69 Å². The fourth-order valence-corrected chi connectivity index (χ4v) is 2.43. The van der Waals surface area contributed by atoms with Crippen molar-refractivity contribution in [1.82, 2.24) is 5.32 Å². The number of Topliss-reactive ketones (excluding diaryl/α,β-unsaturated/α-hetero) is 1. The molecule has 0 atom stereocenters. The van der Waals surface area contributed by atoms with Gasteiger partial charge in [0.1, 0.15) is 5.75 Å². The van der Waals surface area contributed by atoms with Crippen LogP contribution in [0.5, 0.6) is 5.75 Å². The highest BCUT2D eigenvalue weighted by atomic mass is 32.1. The molecule has 24 heavy (non-hydrogen) atoms. The number of hydrogen-bond donors (Lipinski definition) is 2. The van der Waals surface area contributed by atoms with Gasteiger partial charge < -0.3 is 10.1 Å². The zero-order valence-electron chi connectivity index (χ0n) is 13.7. The first-order valence-corrected chi connectivity index (χ1v) is 7.70. The number of carbonyl (C=O) groups excluding carboxylic acids is 2. The van der Waals surface area contributed by atoms with E-state index in [9.17, 15) is 9.59 Å². The van der Waals surface area contributed by atoms with Crippen LogP contribution in [0.1, 0.15) is 33.2 Å². The molecule has 2 aromatic rings. The average molecular weight is 342 g/mol. The third-order valence-corrected chi connectivity index (χ3v) is 3.64. The molecule has 1 amide bonds. The second-order valence-electron chi connectivity index (χ2n) is 5.20. The maximum Gasteiger partial charge on any atom is 0.261 e. The Bertz CT molecular complexity index is 785. The van der Waals surface area contributed by atoms with Crippen LogP contribution >= 0.6 is 12.2 Å². The molecule has 0 saturated heterocycles. The van der Waals surface area contributed by atoms with E-state index in [0.29, 0.717) is 22.6 Å². The third-order valence-electron chi connectivity index (χ3n) is 3.44. The Labute approximate surface area is 146 Å². The molecule has 0 unspecified atom stereocenters. The molecule has 0 aromatic heterocycles. The first-order valence-electron chi connectivity index (χ1n) is 7.29.